The van der Waals surface area contributed by atoms with Crippen molar-refractivity contribution in [3.63, 3.8) is 0 Å². The van der Waals surface area contributed by atoms with Crippen molar-refractivity contribution < 1.29 is 14.3 Å². The monoisotopic (exact) mass is 449 g/mol. The Morgan fingerprint density at radius 1 is 1.17 bits per heavy atom. The number of benzene rings is 1. The van der Waals surface area contributed by atoms with Crippen LogP contribution in [-0.2, 0) is 16.0 Å². The van der Waals surface area contributed by atoms with Crippen molar-refractivity contribution in [2.24, 2.45) is 4.99 Å². The molecule has 0 radical (unpaired) electrons. The summed E-state index contributed by atoms with van der Waals surface area (Å²) in [6.45, 7) is 7.08. The minimum atomic E-state index is -0.296. The Morgan fingerprint density at radius 2 is 1.88 bits per heavy atom. The number of hydrogen-bond donors (Lipinski definition) is 2. The molecule has 24 heavy (non-hydrogen) atoms. The van der Waals surface area contributed by atoms with Gasteiger partial charge in [-0.15, -0.1) is 24.0 Å². The van der Waals surface area contributed by atoms with Crippen LogP contribution in [0.3, 0.4) is 0 Å². The van der Waals surface area contributed by atoms with E-state index < -0.39 is 0 Å². The number of carbonyl (C=O) groups excluding carboxylic acids is 1. The molecule has 1 rings (SSSR count). The van der Waals surface area contributed by atoms with Crippen LogP contribution in [0.5, 0.6) is 0 Å². The van der Waals surface area contributed by atoms with Crippen LogP contribution in [-0.4, -0.2) is 45.3 Å². The van der Waals surface area contributed by atoms with Gasteiger partial charge in [-0.25, -0.2) is 9.79 Å². The lowest BCUT2D eigenvalue weighted by molar-refractivity contribution is 0.0526. The molecule has 6 nitrogen and oxygen atoms in total. The van der Waals surface area contributed by atoms with E-state index >= 15 is 0 Å². The summed E-state index contributed by atoms with van der Waals surface area (Å²) in [5, 5.41) is 6.46. The van der Waals surface area contributed by atoms with Crippen molar-refractivity contribution >= 4 is 35.9 Å². The first-order chi connectivity index (χ1) is 11.2. The summed E-state index contributed by atoms with van der Waals surface area (Å²) < 4.78 is 9.99. The van der Waals surface area contributed by atoms with Crippen LogP contribution in [0.15, 0.2) is 29.3 Å². The number of carbonyl (C=O) groups is 1. The summed E-state index contributed by atoms with van der Waals surface area (Å²) in [5.41, 5.74) is 1.59. The zero-order valence-corrected chi connectivity index (χ0v) is 17.0. The summed E-state index contributed by atoms with van der Waals surface area (Å²) >= 11 is 0. The molecule has 0 heterocycles. The fourth-order valence-electron chi connectivity index (χ4n) is 1.90. The molecular weight excluding hydrogens is 421 g/mol. The molecule has 0 aliphatic heterocycles. The fraction of sp³-hybridized carbons (Fsp3) is 0.529. The van der Waals surface area contributed by atoms with Crippen molar-refractivity contribution in [3.05, 3.63) is 35.4 Å². The van der Waals surface area contributed by atoms with Crippen molar-refractivity contribution in [3.8, 4) is 0 Å². The molecule has 0 unspecified atom stereocenters. The van der Waals surface area contributed by atoms with Crippen LogP contribution in [0.4, 0.5) is 0 Å². The molecule has 1 aromatic carbocycles. The van der Waals surface area contributed by atoms with E-state index in [1.54, 1.807) is 26.2 Å². The van der Waals surface area contributed by atoms with Gasteiger partial charge >= 0.3 is 5.97 Å². The first-order valence-electron chi connectivity index (χ1n) is 7.98. The maximum absolute atomic E-state index is 11.6. The molecule has 2 N–H and O–H groups in total. The van der Waals surface area contributed by atoms with Gasteiger partial charge in [0.15, 0.2) is 5.96 Å². The van der Waals surface area contributed by atoms with Crippen LogP contribution in [0.2, 0.25) is 0 Å². The van der Waals surface area contributed by atoms with Gasteiger partial charge in [-0.2, -0.15) is 0 Å². The summed E-state index contributed by atoms with van der Waals surface area (Å²) in [4.78, 5) is 16.1. The predicted molar refractivity (Wildman–Crippen MR) is 107 cm³/mol. The molecule has 0 aliphatic carbocycles. The molecule has 0 amide bonds. The average molecular weight is 449 g/mol. The standard InChI is InChI=1S/C17H27N3O3.HI/c1-4-18-17(19-11-6-12-22-3)20-13-14-7-9-15(10-8-14)16(21)23-5-2;/h7-10H,4-6,11-13H2,1-3H3,(H2,18,19,20);1H. The number of esters is 1. The number of methoxy groups -OCH3 is 1. The summed E-state index contributed by atoms with van der Waals surface area (Å²) in [6, 6.07) is 7.32. The zero-order chi connectivity index (χ0) is 16.9. The Morgan fingerprint density at radius 3 is 2.46 bits per heavy atom. The zero-order valence-electron chi connectivity index (χ0n) is 14.6. The van der Waals surface area contributed by atoms with E-state index in [-0.39, 0.29) is 29.9 Å². The lowest BCUT2D eigenvalue weighted by Gasteiger charge is -2.11. The molecule has 0 saturated heterocycles. The van der Waals surface area contributed by atoms with Gasteiger partial charge in [0.2, 0.25) is 0 Å². The third-order valence-corrected chi connectivity index (χ3v) is 3.05. The molecule has 0 saturated carbocycles. The molecule has 7 heteroatoms. The Labute approximate surface area is 161 Å². The number of ether oxygens (including phenoxy) is 2. The fourth-order valence-corrected chi connectivity index (χ4v) is 1.90. The number of hydrogen-bond acceptors (Lipinski definition) is 4. The van der Waals surface area contributed by atoms with Gasteiger partial charge in [-0.1, -0.05) is 12.1 Å². The van der Waals surface area contributed by atoms with Crippen LogP contribution in [0, 0.1) is 0 Å². The van der Waals surface area contributed by atoms with E-state index in [1.807, 2.05) is 19.1 Å². The van der Waals surface area contributed by atoms with E-state index in [9.17, 15) is 4.79 Å². The maximum atomic E-state index is 11.6. The molecule has 0 atom stereocenters. The second-order valence-electron chi connectivity index (χ2n) is 4.89. The van der Waals surface area contributed by atoms with Crippen molar-refractivity contribution in [1.82, 2.24) is 10.6 Å². The van der Waals surface area contributed by atoms with Gasteiger partial charge in [0.25, 0.3) is 0 Å². The number of nitrogens with zero attached hydrogens (tertiary/aromatic N) is 1. The first-order valence-corrected chi connectivity index (χ1v) is 7.98. The Bertz CT molecular complexity index is 492. The highest BCUT2D eigenvalue weighted by molar-refractivity contribution is 14.0. The number of rotatable bonds is 9. The van der Waals surface area contributed by atoms with E-state index in [4.69, 9.17) is 9.47 Å². The van der Waals surface area contributed by atoms with E-state index in [0.717, 1.165) is 37.6 Å². The summed E-state index contributed by atoms with van der Waals surface area (Å²) in [7, 11) is 1.69. The van der Waals surface area contributed by atoms with Crippen molar-refractivity contribution in [2.75, 3.05) is 33.4 Å². The minimum absolute atomic E-state index is 0. The smallest absolute Gasteiger partial charge is 0.338 e. The summed E-state index contributed by atoms with van der Waals surface area (Å²) in [6.07, 6.45) is 0.926. The third-order valence-electron chi connectivity index (χ3n) is 3.05. The number of aliphatic imine (C=N–C) groups is 1. The topological polar surface area (TPSA) is 72.0 Å². The van der Waals surface area contributed by atoms with Crippen LogP contribution in [0.25, 0.3) is 0 Å². The second kappa shape index (κ2) is 14.0. The predicted octanol–water partition coefficient (Wildman–Crippen LogP) is 2.57. The SMILES string of the molecule is CCNC(=NCc1ccc(C(=O)OCC)cc1)NCCCOC.I. The molecule has 0 aromatic heterocycles. The largest absolute Gasteiger partial charge is 0.462 e. The van der Waals surface area contributed by atoms with Gasteiger partial charge < -0.3 is 20.1 Å². The Kier molecular flexibility index (Phi) is 13.2. The molecule has 0 aliphatic rings. The van der Waals surface area contributed by atoms with Gasteiger partial charge in [0, 0.05) is 26.8 Å². The molecule has 0 fully saturated rings. The van der Waals surface area contributed by atoms with Crippen LogP contribution < -0.4 is 10.6 Å². The molecule has 0 bridgehead atoms. The van der Waals surface area contributed by atoms with Crippen molar-refractivity contribution in [1.29, 1.82) is 0 Å². The molecule has 136 valence electrons. The van der Waals surface area contributed by atoms with Gasteiger partial charge in [0.05, 0.1) is 18.7 Å². The number of guanidine groups is 1. The first kappa shape index (κ1) is 22.6. The number of nitrogens with one attached hydrogen (secondary N) is 2. The second-order valence-corrected chi connectivity index (χ2v) is 4.89. The van der Waals surface area contributed by atoms with Crippen molar-refractivity contribution in [2.45, 2.75) is 26.8 Å². The Balaban J connectivity index is 0.00000529. The van der Waals surface area contributed by atoms with E-state index in [0.29, 0.717) is 18.7 Å². The lowest BCUT2D eigenvalue weighted by Crippen LogP contribution is -2.38. The highest BCUT2D eigenvalue weighted by atomic mass is 127. The third kappa shape index (κ3) is 9.07. The molecule has 1 aromatic rings. The van der Waals surface area contributed by atoms with E-state index in [2.05, 4.69) is 15.6 Å². The quantitative estimate of drug-likeness (QED) is 0.199. The summed E-state index contributed by atoms with van der Waals surface area (Å²) in [5.74, 6) is 0.480. The Hall–Kier alpha value is -1.35. The average Bonchev–Trinajstić information content (AvgIpc) is 2.57. The number of halogens is 1. The van der Waals surface area contributed by atoms with Gasteiger partial charge in [-0.05, 0) is 38.0 Å². The van der Waals surface area contributed by atoms with Crippen LogP contribution in [0.1, 0.15) is 36.2 Å². The molecular formula is C17H28IN3O3. The van der Waals surface area contributed by atoms with Gasteiger partial charge in [0.1, 0.15) is 0 Å². The van der Waals surface area contributed by atoms with E-state index in [1.165, 1.54) is 0 Å². The lowest BCUT2D eigenvalue weighted by atomic mass is 10.1. The highest BCUT2D eigenvalue weighted by Gasteiger charge is 2.05. The van der Waals surface area contributed by atoms with Gasteiger partial charge in [-0.3, -0.25) is 0 Å². The minimum Gasteiger partial charge on any atom is -0.462 e. The normalized spacial score (nSPS) is 10.7. The highest BCUT2D eigenvalue weighted by Crippen LogP contribution is 2.07. The van der Waals surface area contributed by atoms with Crippen LogP contribution >= 0.6 is 24.0 Å². The maximum Gasteiger partial charge on any atom is 0.338 e. The molecule has 0 spiro atoms.